The highest BCUT2D eigenvalue weighted by molar-refractivity contribution is 7.14. The van der Waals surface area contributed by atoms with Crippen LogP contribution < -0.4 is 5.32 Å². The van der Waals surface area contributed by atoms with Crippen molar-refractivity contribution in [3.63, 3.8) is 0 Å². The fourth-order valence-corrected chi connectivity index (χ4v) is 4.13. The SMILES string of the molecule is CC[C@@H]1CCc2sc(C(=O)OCC(=O)Nc3cc(F)ccc3F)cc2C1. The highest BCUT2D eigenvalue weighted by Crippen LogP contribution is 2.33. The van der Waals surface area contributed by atoms with Gasteiger partial charge in [0, 0.05) is 10.9 Å². The van der Waals surface area contributed by atoms with E-state index < -0.39 is 30.1 Å². The van der Waals surface area contributed by atoms with Gasteiger partial charge in [-0.05, 0) is 48.9 Å². The average Bonchev–Trinajstić information content (AvgIpc) is 3.06. The van der Waals surface area contributed by atoms with Crippen LogP contribution in [0.4, 0.5) is 14.5 Å². The summed E-state index contributed by atoms with van der Waals surface area (Å²) in [7, 11) is 0. The summed E-state index contributed by atoms with van der Waals surface area (Å²) in [5, 5.41) is 2.19. The van der Waals surface area contributed by atoms with E-state index in [4.69, 9.17) is 4.74 Å². The molecule has 0 saturated heterocycles. The lowest BCUT2D eigenvalue weighted by Crippen LogP contribution is -2.21. The molecule has 1 aliphatic carbocycles. The Morgan fingerprint density at radius 2 is 2.12 bits per heavy atom. The molecule has 3 rings (SSSR count). The fraction of sp³-hybridized carbons (Fsp3) is 0.368. The van der Waals surface area contributed by atoms with Crippen LogP contribution in [0, 0.1) is 17.6 Å². The predicted molar refractivity (Wildman–Crippen MR) is 95.4 cm³/mol. The van der Waals surface area contributed by atoms with E-state index in [2.05, 4.69) is 12.2 Å². The van der Waals surface area contributed by atoms with Crippen molar-refractivity contribution in [2.45, 2.75) is 32.6 Å². The number of halogens is 2. The number of hydrogen-bond donors (Lipinski definition) is 1. The maximum Gasteiger partial charge on any atom is 0.348 e. The number of carbonyl (C=O) groups is 2. The first kappa shape index (κ1) is 18.5. The Balaban J connectivity index is 1.56. The summed E-state index contributed by atoms with van der Waals surface area (Å²) in [6.07, 6.45) is 4.17. The summed E-state index contributed by atoms with van der Waals surface area (Å²) in [5.74, 6) is -2.09. The molecule has 0 radical (unpaired) electrons. The van der Waals surface area contributed by atoms with E-state index in [1.807, 2.05) is 6.07 Å². The number of nitrogens with one attached hydrogen (secondary N) is 1. The summed E-state index contributed by atoms with van der Waals surface area (Å²) in [6.45, 7) is 1.60. The quantitative estimate of drug-likeness (QED) is 0.787. The van der Waals surface area contributed by atoms with Crippen LogP contribution >= 0.6 is 11.3 Å². The van der Waals surface area contributed by atoms with Gasteiger partial charge < -0.3 is 10.1 Å². The number of hydrogen-bond acceptors (Lipinski definition) is 4. The summed E-state index contributed by atoms with van der Waals surface area (Å²) in [4.78, 5) is 25.7. The largest absolute Gasteiger partial charge is 0.451 e. The second kappa shape index (κ2) is 7.95. The molecule has 0 saturated carbocycles. The number of thiophene rings is 1. The molecule has 0 fully saturated rings. The van der Waals surface area contributed by atoms with Crippen LogP contribution in [0.3, 0.4) is 0 Å². The van der Waals surface area contributed by atoms with Crippen LogP contribution in [-0.2, 0) is 22.4 Å². The standard InChI is InChI=1S/C19H19F2NO3S/c1-2-11-3-6-16-12(7-11)8-17(26-16)19(24)25-10-18(23)22-15-9-13(20)4-5-14(15)21/h4-5,8-9,11H,2-3,6-7,10H2,1H3,(H,22,23)/t11-/m1/s1. The zero-order valence-electron chi connectivity index (χ0n) is 14.3. The Morgan fingerprint density at radius 3 is 2.88 bits per heavy atom. The van der Waals surface area contributed by atoms with Gasteiger partial charge in [0.25, 0.3) is 5.91 Å². The molecule has 4 nitrogen and oxygen atoms in total. The normalized spacial score (nSPS) is 16.0. The Morgan fingerprint density at radius 1 is 1.31 bits per heavy atom. The number of benzene rings is 1. The Labute approximate surface area is 154 Å². The third kappa shape index (κ3) is 4.27. The van der Waals surface area contributed by atoms with Gasteiger partial charge in [-0.1, -0.05) is 13.3 Å². The number of carbonyl (C=O) groups excluding carboxylic acids is 2. The van der Waals surface area contributed by atoms with Crippen LogP contribution in [0.15, 0.2) is 24.3 Å². The molecule has 26 heavy (non-hydrogen) atoms. The lowest BCUT2D eigenvalue weighted by atomic mass is 9.87. The van der Waals surface area contributed by atoms with E-state index in [1.54, 1.807) is 0 Å². The molecule has 7 heteroatoms. The van der Waals surface area contributed by atoms with Gasteiger partial charge >= 0.3 is 5.97 Å². The first-order valence-corrected chi connectivity index (χ1v) is 9.31. The van der Waals surface area contributed by atoms with Crippen LogP contribution in [0.5, 0.6) is 0 Å². The molecule has 1 atom stereocenters. The monoisotopic (exact) mass is 379 g/mol. The van der Waals surface area contributed by atoms with E-state index in [0.717, 1.165) is 43.9 Å². The number of ether oxygens (including phenoxy) is 1. The van der Waals surface area contributed by atoms with E-state index >= 15 is 0 Å². The number of fused-ring (bicyclic) bond motifs is 1. The van der Waals surface area contributed by atoms with Crippen molar-refractivity contribution in [3.8, 4) is 0 Å². The minimum absolute atomic E-state index is 0.289. The summed E-state index contributed by atoms with van der Waals surface area (Å²) in [6, 6.07) is 4.57. The zero-order valence-corrected chi connectivity index (χ0v) is 15.1. The van der Waals surface area contributed by atoms with Crippen LogP contribution in [-0.4, -0.2) is 18.5 Å². The molecule has 0 spiro atoms. The summed E-state index contributed by atoms with van der Waals surface area (Å²) >= 11 is 1.40. The Hall–Kier alpha value is -2.28. The van der Waals surface area contributed by atoms with Crippen molar-refractivity contribution in [3.05, 3.63) is 51.2 Å². The number of anilines is 1. The Bertz CT molecular complexity index is 834. The third-order valence-corrected chi connectivity index (χ3v) is 5.72. The topological polar surface area (TPSA) is 55.4 Å². The zero-order chi connectivity index (χ0) is 18.7. The molecule has 0 aliphatic heterocycles. The first-order valence-electron chi connectivity index (χ1n) is 8.50. The Kier molecular flexibility index (Phi) is 5.66. The van der Waals surface area contributed by atoms with Crippen molar-refractivity contribution in [1.82, 2.24) is 0 Å². The second-order valence-corrected chi connectivity index (χ2v) is 7.46. The van der Waals surface area contributed by atoms with Gasteiger partial charge in [-0.2, -0.15) is 0 Å². The number of amides is 1. The van der Waals surface area contributed by atoms with Crippen molar-refractivity contribution >= 4 is 28.9 Å². The van der Waals surface area contributed by atoms with Crippen LogP contribution in [0.1, 0.15) is 39.9 Å². The van der Waals surface area contributed by atoms with Gasteiger partial charge in [0.1, 0.15) is 16.5 Å². The van der Waals surface area contributed by atoms with Gasteiger partial charge in [0.05, 0.1) is 5.69 Å². The average molecular weight is 379 g/mol. The molecule has 2 aromatic rings. The molecule has 1 amide bonds. The smallest absolute Gasteiger partial charge is 0.348 e. The van der Waals surface area contributed by atoms with E-state index in [1.165, 1.54) is 21.8 Å². The molecule has 0 unspecified atom stereocenters. The maximum atomic E-state index is 13.5. The lowest BCUT2D eigenvalue weighted by molar-refractivity contribution is -0.119. The van der Waals surface area contributed by atoms with Crippen LogP contribution in [0.25, 0.3) is 0 Å². The molecule has 138 valence electrons. The van der Waals surface area contributed by atoms with Gasteiger partial charge in [0.2, 0.25) is 0 Å². The molecule has 1 aliphatic rings. The van der Waals surface area contributed by atoms with Crippen molar-refractivity contribution < 1.29 is 23.1 Å². The van der Waals surface area contributed by atoms with Crippen LogP contribution in [0.2, 0.25) is 0 Å². The summed E-state index contributed by atoms with van der Waals surface area (Å²) in [5.41, 5.74) is 0.898. The van der Waals surface area contributed by atoms with Gasteiger partial charge in [-0.15, -0.1) is 11.3 Å². The second-order valence-electron chi connectivity index (χ2n) is 6.32. The highest BCUT2D eigenvalue weighted by atomic mass is 32.1. The van der Waals surface area contributed by atoms with Crippen molar-refractivity contribution in [1.29, 1.82) is 0 Å². The third-order valence-electron chi connectivity index (χ3n) is 4.50. The minimum Gasteiger partial charge on any atom is -0.451 e. The molecular formula is C19H19F2NO3S. The molecular weight excluding hydrogens is 360 g/mol. The minimum atomic E-state index is -0.762. The van der Waals surface area contributed by atoms with E-state index in [9.17, 15) is 18.4 Å². The highest BCUT2D eigenvalue weighted by Gasteiger charge is 2.23. The molecule has 1 heterocycles. The van der Waals surface area contributed by atoms with Gasteiger partial charge in [0.15, 0.2) is 6.61 Å². The van der Waals surface area contributed by atoms with Gasteiger partial charge in [-0.3, -0.25) is 4.79 Å². The van der Waals surface area contributed by atoms with Crippen molar-refractivity contribution in [2.24, 2.45) is 5.92 Å². The summed E-state index contributed by atoms with van der Waals surface area (Å²) < 4.78 is 31.6. The number of esters is 1. The van der Waals surface area contributed by atoms with Gasteiger partial charge in [-0.25, -0.2) is 13.6 Å². The lowest BCUT2D eigenvalue weighted by Gasteiger charge is -2.19. The fourth-order valence-electron chi connectivity index (χ4n) is 3.03. The first-order chi connectivity index (χ1) is 12.5. The number of rotatable bonds is 5. The molecule has 1 aromatic carbocycles. The predicted octanol–water partition coefficient (Wildman–Crippen LogP) is 4.34. The maximum absolute atomic E-state index is 13.5. The molecule has 0 bridgehead atoms. The van der Waals surface area contributed by atoms with E-state index in [-0.39, 0.29) is 5.69 Å². The van der Waals surface area contributed by atoms with Crippen molar-refractivity contribution in [2.75, 3.05) is 11.9 Å². The molecule has 1 aromatic heterocycles. The van der Waals surface area contributed by atoms with E-state index in [0.29, 0.717) is 10.8 Å². The molecule has 1 N–H and O–H groups in total. The number of aryl methyl sites for hydroxylation is 1.